The number of hydrogen-bond acceptors (Lipinski definition) is 3. The number of rotatable bonds is 4. The normalized spacial score (nSPS) is 14.0. The van der Waals surface area contributed by atoms with Gasteiger partial charge in [0.25, 0.3) is 0 Å². The lowest BCUT2D eigenvalue weighted by Crippen LogP contribution is -2.15. The molecule has 3 rings (SSSR count). The Morgan fingerprint density at radius 3 is 2.32 bits per heavy atom. The maximum Gasteiger partial charge on any atom is 0.137 e. The van der Waals surface area contributed by atoms with Crippen LogP contribution in [-0.4, -0.2) is 19.1 Å². The molecule has 0 atom stereocenters. The van der Waals surface area contributed by atoms with E-state index in [2.05, 4.69) is 33.0 Å². The van der Waals surface area contributed by atoms with Crippen molar-refractivity contribution >= 4 is 27.5 Å². The molecule has 0 spiro atoms. The molecule has 2 aromatic rings. The Labute approximate surface area is 143 Å². The van der Waals surface area contributed by atoms with Crippen molar-refractivity contribution in [3.8, 4) is 11.5 Å². The van der Waals surface area contributed by atoms with Crippen LogP contribution in [0.5, 0.6) is 11.5 Å². The molecule has 0 N–H and O–H groups in total. The van der Waals surface area contributed by atoms with E-state index >= 15 is 0 Å². The largest absolute Gasteiger partial charge is 0.496 e. The Hall–Kier alpha value is -1.23. The van der Waals surface area contributed by atoms with E-state index in [1.165, 1.54) is 16.7 Å². The summed E-state index contributed by atoms with van der Waals surface area (Å²) >= 11 is 9.60. The molecule has 1 aliphatic heterocycles. The van der Waals surface area contributed by atoms with E-state index in [0.717, 1.165) is 40.6 Å². The molecule has 0 unspecified atom stereocenters. The minimum absolute atomic E-state index is 0.766. The summed E-state index contributed by atoms with van der Waals surface area (Å²) in [6.07, 6.45) is 0. The smallest absolute Gasteiger partial charge is 0.137 e. The lowest BCUT2D eigenvalue weighted by Gasteiger charge is -2.14. The predicted octanol–water partition coefficient (Wildman–Crippen LogP) is 4.64. The lowest BCUT2D eigenvalue weighted by atomic mass is 10.1. The Balaban J connectivity index is 1.85. The fourth-order valence-corrected chi connectivity index (χ4v) is 3.60. The van der Waals surface area contributed by atoms with Gasteiger partial charge in [0.05, 0.1) is 18.7 Å². The number of nitrogens with zero attached hydrogens (tertiary/aromatic N) is 1. The summed E-state index contributed by atoms with van der Waals surface area (Å²) in [7, 11) is 3.37. The zero-order chi connectivity index (χ0) is 15.7. The van der Waals surface area contributed by atoms with Crippen LogP contribution < -0.4 is 9.47 Å². The average Bonchev–Trinajstić information content (AvgIpc) is 2.94. The summed E-state index contributed by atoms with van der Waals surface area (Å²) in [4.78, 5) is 2.38. The zero-order valence-corrected chi connectivity index (χ0v) is 14.9. The average molecular weight is 383 g/mol. The SMILES string of the molecule is COc1cc(OC)c2c(c1Br)CN(Cc1ccc(Cl)cc1)C2. The van der Waals surface area contributed by atoms with Crippen molar-refractivity contribution in [3.05, 3.63) is 56.5 Å². The van der Waals surface area contributed by atoms with Gasteiger partial charge in [-0.1, -0.05) is 23.7 Å². The molecule has 0 radical (unpaired) electrons. The van der Waals surface area contributed by atoms with Gasteiger partial charge in [-0.2, -0.15) is 0 Å². The second-order valence-electron chi connectivity index (χ2n) is 5.32. The molecule has 0 amide bonds. The highest BCUT2D eigenvalue weighted by Gasteiger charge is 2.27. The molecule has 0 aliphatic carbocycles. The number of hydrogen-bond donors (Lipinski definition) is 0. The monoisotopic (exact) mass is 381 g/mol. The van der Waals surface area contributed by atoms with Crippen LogP contribution in [0.2, 0.25) is 5.02 Å². The third kappa shape index (κ3) is 2.96. The van der Waals surface area contributed by atoms with E-state index < -0.39 is 0 Å². The van der Waals surface area contributed by atoms with Gasteiger partial charge in [-0.05, 0) is 39.2 Å². The Kier molecular flexibility index (Phi) is 4.62. The van der Waals surface area contributed by atoms with Crippen LogP contribution in [0.3, 0.4) is 0 Å². The van der Waals surface area contributed by atoms with Crippen molar-refractivity contribution in [3.63, 3.8) is 0 Å². The molecule has 3 nitrogen and oxygen atoms in total. The third-order valence-corrected chi connectivity index (χ3v) is 5.05. The molecular weight excluding hydrogens is 366 g/mol. The fraction of sp³-hybridized carbons (Fsp3) is 0.294. The van der Waals surface area contributed by atoms with E-state index in [-0.39, 0.29) is 0 Å². The van der Waals surface area contributed by atoms with Crippen molar-refractivity contribution in [1.29, 1.82) is 0 Å². The molecule has 0 bridgehead atoms. The summed E-state index contributed by atoms with van der Waals surface area (Å²) in [6.45, 7) is 2.61. The molecule has 22 heavy (non-hydrogen) atoms. The van der Waals surface area contributed by atoms with Crippen LogP contribution in [0.1, 0.15) is 16.7 Å². The molecule has 2 aromatic carbocycles. The van der Waals surface area contributed by atoms with E-state index in [1.807, 2.05) is 18.2 Å². The van der Waals surface area contributed by atoms with E-state index in [4.69, 9.17) is 21.1 Å². The highest BCUT2D eigenvalue weighted by atomic mass is 79.9. The lowest BCUT2D eigenvalue weighted by molar-refractivity contribution is 0.273. The standard InChI is InChI=1S/C17H17BrClNO2/c1-21-15-7-16(22-2)17(18)14-10-20(9-13(14)15)8-11-3-5-12(19)6-4-11/h3-7H,8-10H2,1-2H3. The van der Waals surface area contributed by atoms with Gasteiger partial charge in [-0.3, -0.25) is 4.90 Å². The molecule has 0 saturated heterocycles. The summed E-state index contributed by atoms with van der Waals surface area (Å²) < 4.78 is 12.0. The van der Waals surface area contributed by atoms with Gasteiger partial charge in [0.1, 0.15) is 11.5 Å². The molecule has 1 aliphatic rings. The first-order chi connectivity index (χ1) is 10.6. The Morgan fingerprint density at radius 1 is 1.05 bits per heavy atom. The number of halogens is 2. The van der Waals surface area contributed by atoms with Gasteiger partial charge in [-0.15, -0.1) is 0 Å². The minimum atomic E-state index is 0.766. The van der Waals surface area contributed by atoms with E-state index in [9.17, 15) is 0 Å². The number of fused-ring (bicyclic) bond motifs is 1. The minimum Gasteiger partial charge on any atom is -0.496 e. The van der Waals surface area contributed by atoms with Crippen LogP contribution in [0.25, 0.3) is 0 Å². The van der Waals surface area contributed by atoms with E-state index in [0.29, 0.717) is 0 Å². The molecule has 116 valence electrons. The maximum atomic E-state index is 5.94. The molecule has 0 fully saturated rings. The van der Waals surface area contributed by atoms with Crippen molar-refractivity contribution in [2.24, 2.45) is 0 Å². The second kappa shape index (κ2) is 6.49. The first kappa shape index (κ1) is 15.7. The molecule has 0 saturated carbocycles. The first-order valence-electron chi connectivity index (χ1n) is 7.01. The zero-order valence-electron chi connectivity index (χ0n) is 12.5. The molecule has 0 aromatic heterocycles. The highest BCUT2D eigenvalue weighted by molar-refractivity contribution is 9.10. The van der Waals surface area contributed by atoms with Gasteiger partial charge in [0.15, 0.2) is 0 Å². The van der Waals surface area contributed by atoms with Crippen LogP contribution >= 0.6 is 27.5 Å². The fourth-order valence-electron chi connectivity index (χ4n) is 2.83. The molecular formula is C17H17BrClNO2. The number of methoxy groups -OCH3 is 2. The third-order valence-electron chi connectivity index (χ3n) is 3.93. The Bertz CT molecular complexity index is 688. The summed E-state index contributed by atoms with van der Waals surface area (Å²) in [5.74, 6) is 1.69. The molecule has 5 heteroatoms. The van der Waals surface area contributed by atoms with Gasteiger partial charge in [0.2, 0.25) is 0 Å². The predicted molar refractivity (Wildman–Crippen MR) is 91.6 cm³/mol. The van der Waals surface area contributed by atoms with Gasteiger partial charge < -0.3 is 9.47 Å². The topological polar surface area (TPSA) is 21.7 Å². The van der Waals surface area contributed by atoms with Crippen molar-refractivity contribution in [2.45, 2.75) is 19.6 Å². The highest BCUT2D eigenvalue weighted by Crippen LogP contribution is 2.42. The number of ether oxygens (including phenoxy) is 2. The maximum absolute atomic E-state index is 5.94. The van der Waals surface area contributed by atoms with Gasteiger partial charge in [0, 0.05) is 36.3 Å². The summed E-state index contributed by atoms with van der Waals surface area (Å²) in [5.41, 5.74) is 3.72. The Morgan fingerprint density at radius 2 is 1.68 bits per heavy atom. The van der Waals surface area contributed by atoms with Gasteiger partial charge >= 0.3 is 0 Å². The van der Waals surface area contributed by atoms with Crippen molar-refractivity contribution < 1.29 is 9.47 Å². The van der Waals surface area contributed by atoms with Crippen LogP contribution in [0.4, 0.5) is 0 Å². The first-order valence-corrected chi connectivity index (χ1v) is 8.18. The van der Waals surface area contributed by atoms with Crippen LogP contribution in [0, 0.1) is 0 Å². The van der Waals surface area contributed by atoms with Gasteiger partial charge in [-0.25, -0.2) is 0 Å². The summed E-state index contributed by atoms with van der Waals surface area (Å²) in [6, 6.07) is 9.93. The van der Waals surface area contributed by atoms with Crippen molar-refractivity contribution in [1.82, 2.24) is 4.90 Å². The van der Waals surface area contributed by atoms with Crippen LogP contribution in [0.15, 0.2) is 34.8 Å². The quantitative estimate of drug-likeness (QED) is 0.769. The van der Waals surface area contributed by atoms with Crippen molar-refractivity contribution in [2.75, 3.05) is 14.2 Å². The number of benzene rings is 2. The summed E-state index contributed by atoms with van der Waals surface area (Å²) in [5, 5.41) is 0.766. The molecule has 1 heterocycles. The second-order valence-corrected chi connectivity index (χ2v) is 6.55. The van der Waals surface area contributed by atoms with Crippen LogP contribution in [-0.2, 0) is 19.6 Å². The van der Waals surface area contributed by atoms with E-state index in [1.54, 1.807) is 14.2 Å².